The summed E-state index contributed by atoms with van der Waals surface area (Å²) in [5.41, 5.74) is 1.89. The van der Waals surface area contributed by atoms with E-state index in [9.17, 15) is 0 Å². The Morgan fingerprint density at radius 1 is 1.28 bits per heavy atom. The van der Waals surface area contributed by atoms with Crippen LogP contribution >= 0.6 is 11.6 Å². The van der Waals surface area contributed by atoms with Crippen molar-refractivity contribution in [1.82, 2.24) is 9.97 Å². The van der Waals surface area contributed by atoms with E-state index in [0.717, 1.165) is 17.0 Å². The molecule has 5 heteroatoms. The molecule has 0 atom stereocenters. The number of rotatable bonds is 4. The van der Waals surface area contributed by atoms with Gasteiger partial charge in [0.25, 0.3) is 0 Å². The van der Waals surface area contributed by atoms with Gasteiger partial charge in [-0.05, 0) is 24.6 Å². The SMILES string of the molecule is COc1ccccc1CNc1cc(C)nc(Cl)n1. The standard InChI is InChI=1S/C13H14ClN3O/c1-9-7-12(17-13(14)16-9)15-8-10-5-3-4-6-11(10)18-2/h3-7H,8H2,1-2H3,(H,15,16,17). The van der Waals surface area contributed by atoms with Crippen molar-refractivity contribution in [2.45, 2.75) is 13.5 Å². The minimum atomic E-state index is 0.248. The molecule has 0 fully saturated rings. The van der Waals surface area contributed by atoms with E-state index in [0.29, 0.717) is 12.4 Å². The maximum atomic E-state index is 5.80. The highest BCUT2D eigenvalue weighted by molar-refractivity contribution is 6.28. The van der Waals surface area contributed by atoms with Crippen LogP contribution in [-0.4, -0.2) is 17.1 Å². The Labute approximate surface area is 111 Å². The van der Waals surface area contributed by atoms with Crippen molar-refractivity contribution in [2.24, 2.45) is 0 Å². The number of methoxy groups -OCH3 is 1. The van der Waals surface area contributed by atoms with Gasteiger partial charge in [0, 0.05) is 23.9 Å². The lowest BCUT2D eigenvalue weighted by Gasteiger charge is -2.10. The fourth-order valence-electron chi connectivity index (χ4n) is 1.66. The van der Waals surface area contributed by atoms with Crippen LogP contribution in [0.1, 0.15) is 11.3 Å². The molecular formula is C13H14ClN3O. The van der Waals surface area contributed by atoms with Crippen LogP contribution in [-0.2, 0) is 6.54 Å². The summed E-state index contributed by atoms with van der Waals surface area (Å²) in [5, 5.41) is 3.45. The third-order valence-corrected chi connectivity index (χ3v) is 2.65. The van der Waals surface area contributed by atoms with Crippen molar-refractivity contribution in [1.29, 1.82) is 0 Å². The third-order valence-electron chi connectivity index (χ3n) is 2.48. The molecule has 0 saturated heterocycles. The summed E-state index contributed by atoms with van der Waals surface area (Å²) < 4.78 is 5.28. The van der Waals surface area contributed by atoms with Gasteiger partial charge in [0.15, 0.2) is 0 Å². The lowest BCUT2D eigenvalue weighted by atomic mass is 10.2. The molecule has 1 aromatic carbocycles. The Hall–Kier alpha value is -1.81. The maximum absolute atomic E-state index is 5.80. The number of hydrogen-bond donors (Lipinski definition) is 1. The van der Waals surface area contributed by atoms with Crippen LogP contribution in [0.4, 0.5) is 5.82 Å². The number of nitrogens with one attached hydrogen (secondary N) is 1. The Morgan fingerprint density at radius 2 is 2.06 bits per heavy atom. The fraction of sp³-hybridized carbons (Fsp3) is 0.231. The summed E-state index contributed by atoms with van der Waals surface area (Å²) in [6.45, 7) is 2.50. The highest BCUT2D eigenvalue weighted by atomic mass is 35.5. The lowest BCUT2D eigenvalue weighted by molar-refractivity contribution is 0.410. The summed E-state index contributed by atoms with van der Waals surface area (Å²) in [7, 11) is 1.66. The molecule has 18 heavy (non-hydrogen) atoms. The number of para-hydroxylation sites is 1. The molecule has 0 unspecified atom stereocenters. The van der Waals surface area contributed by atoms with Crippen LogP contribution < -0.4 is 10.1 Å². The molecular weight excluding hydrogens is 250 g/mol. The first-order valence-electron chi connectivity index (χ1n) is 5.56. The summed E-state index contributed by atoms with van der Waals surface area (Å²) in [5.74, 6) is 1.56. The molecule has 0 bridgehead atoms. The number of hydrogen-bond acceptors (Lipinski definition) is 4. The van der Waals surface area contributed by atoms with Gasteiger partial charge in [-0.2, -0.15) is 0 Å². The molecule has 94 valence electrons. The molecule has 0 radical (unpaired) electrons. The van der Waals surface area contributed by atoms with Crippen LogP contribution in [0.25, 0.3) is 0 Å². The average Bonchev–Trinajstić information content (AvgIpc) is 2.35. The molecule has 1 N–H and O–H groups in total. The number of benzene rings is 1. The lowest BCUT2D eigenvalue weighted by Crippen LogP contribution is -2.04. The molecule has 0 aliphatic heterocycles. The number of halogens is 1. The monoisotopic (exact) mass is 263 g/mol. The van der Waals surface area contributed by atoms with Crippen molar-refractivity contribution in [3.05, 3.63) is 46.9 Å². The summed E-state index contributed by atoms with van der Waals surface area (Å²) in [4.78, 5) is 8.12. The highest BCUT2D eigenvalue weighted by Crippen LogP contribution is 2.19. The maximum Gasteiger partial charge on any atom is 0.224 e. The Bertz CT molecular complexity index is 525. The number of aromatic nitrogens is 2. The highest BCUT2D eigenvalue weighted by Gasteiger charge is 2.03. The molecule has 0 spiro atoms. The van der Waals surface area contributed by atoms with Gasteiger partial charge in [0.1, 0.15) is 11.6 Å². The number of anilines is 1. The Kier molecular flexibility index (Phi) is 3.99. The zero-order chi connectivity index (χ0) is 13.0. The minimum Gasteiger partial charge on any atom is -0.496 e. The first-order chi connectivity index (χ1) is 8.69. The van der Waals surface area contributed by atoms with Crippen molar-refractivity contribution in [3.8, 4) is 5.75 Å². The van der Waals surface area contributed by atoms with E-state index >= 15 is 0 Å². The van der Waals surface area contributed by atoms with E-state index in [1.165, 1.54) is 0 Å². The topological polar surface area (TPSA) is 47.0 Å². The Morgan fingerprint density at radius 3 is 2.78 bits per heavy atom. The van der Waals surface area contributed by atoms with E-state index in [-0.39, 0.29) is 5.28 Å². The van der Waals surface area contributed by atoms with Crippen LogP contribution in [0.15, 0.2) is 30.3 Å². The Balaban J connectivity index is 2.11. The van der Waals surface area contributed by atoms with Crippen molar-refractivity contribution >= 4 is 17.4 Å². The molecule has 4 nitrogen and oxygen atoms in total. The smallest absolute Gasteiger partial charge is 0.224 e. The van der Waals surface area contributed by atoms with E-state index in [1.54, 1.807) is 7.11 Å². The number of nitrogens with zero attached hydrogens (tertiary/aromatic N) is 2. The largest absolute Gasteiger partial charge is 0.496 e. The van der Waals surface area contributed by atoms with Gasteiger partial charge in [-0.3, -0.25) is 0 Å². The first-order valence-corrected chi connectivity index (χ1v) is 5.94. The van der Waals surface area contributed by atoms with Gasteiger partial charge in [-0.1, -0.05) is 18.2 Å². The van der Waals surface area contributed by atoms with E-state index in [1.807, 2.05) is 37.3 Å². The van der Waals surface area contributed by atoms with Crippen LogP contribution in [0, 0.1) is 6.92 Å². The van der Waals surface area contributed by atoms with Gasteiger partial charge < -0.3 is 10.1 Å². The van der Waals surface area contributed by atoms with Crippen molar-refractivity contribution in [2.75, 3.05) is 12.4 Å². The van der Waals surface area contributed by atoms with Gasteiger partial charge in [-0.15, -0.1) is 0 Å². The first kappa shape index (κ1) is 12.6. The zero-order valence-corrected chi connectivity index (χ0v) is 11.0. The summed E-state index contributed by atoms with van der Waals surface area (Å²) in [6, 6.07) is 9.68. The number of ether oxygens (including phenoxy) is 1. The molecule has 0 amide bonds. The van der Waals surface area contributed by atoms with Gasteiger partial charge in [0.05, 0.1) is 7.11 Å². The zero-order valence-electron chi connectivity index (χ0n) is 10.3. The van der Waals surface area contributed by atoms with Crippen molar-refractivity contribution < 1.29 is 4.74 Å². The quantitative estimate of drug-likeness (QED) is 0.862. The van der Waals surface area contributed by atoms with Crippen LogP contribution in [0.3, 0.4) is 0 Å². The molecule has 0 aliphatic carbocycles. The second-order valence-corrected chi connectivity index (χ2v) is 4.17. The predicted octanol–water partition coefficient (Wildman–Crippen LogP) is 3.06. The minimum absolute atomic E-state index is 0.248. The molecule has 1 heterocycles. The van der Waals surface area contributed by atoms with Crippen LogP contribution in [0.5, 0.6) is 5.75 Å². The molecule has 0 aliphatic rings. The average molecular weight is 264 g/mol. The van der Waals surface area contributed by atoms with Gasteiger partial charge in [-0.25, -0.2) is 9.97 Å². The van der Waals surface area contributed by atoms with Crippen LogP contribution in [0.2, 0.25) is 5.28 Å². The second-order valence-electron chi connectivity index (χ2n) is 3.83. The van der Waals surface area contributed by atoms with Gasteiger partial charge in [0.2, 0.25) is 5.28 Å². The number of aryl methyl sites for hydroxylation is 1. The van der Waals surface area contributed by atoms with Crippen molar-refractivity contribution in [3.63, 3.8) is 0 Å². The fourth-order valence-corrected chi connectivity index (χ4v) is 1.88. The third kappa shape index (κ3) is 3.11. The molecule has 0 saturated carbocycles. The second kappa shape index (κ2) is 5.69. The van der Waals surface area contributed by atoms with Gasteiger partial charge >= 0.3 is 0 Å². The van der Waals surface area contributed by atoms with E-state index in [2.05, 4.69) is 15.3 Å². The molecule has 1 aromatic heterocycles. The summed E-state index contributed by atoms with van der Waals surface area (Å²) in [6.07, 6.45) is 0. The van der Waals surface area contributed by atoms with E-state index < -0.39 is 0 Å². The predicted molar refractivity (Wildman–Crippen MR) is 72.1 cm³/mol. The summed E-state index contributed by atoms with van der Waals surface area (Å²) >= 11 is 5.80. The molecule has 2 rings (SSSR count). The van der Waals surface area contributed by atoms with E-state index in [4.69, 9.17) is 16.3 Å². The normalized spacial score (nSPS) is 10.2. The molecule has 2 aromatic rings.